The Morgan fingerprint density at radius 3 is 1.21 bits per heavy atom. The van der Waals surface area contributed by atoms with Gasteiger partial charge in [-0.1, -0.05) is 136 Å². The van der Waals surface area contributed by atoms with E-state index in [0.717, 1.165) is 17.1 Å². The number of benzene rings is 7. The summed E-state index contributed by atoms with van der Waals surface area (Å²) < 4.78 is 0. The van der Waals surface area contributed by atoms with Gasteiger partial charge in [-0.2, -0.15) is 0 Å². The predicted octanol–water partition coefficient (Wildman–Crippen LogP) is 13.3. The van der Waals surface area contributed by atoms with Crippen LogP contribution in [0.1, 0.15) is 87.2 Å². The van der Waals surface area contributed by atoms with E-state index < -0.39 is 0 Å². The second kappa shape index (κ2) is 15.1. The van der Waals surface area contributed by atoms with E-state index in [1.54, 1.807) is 0 Å². The molecule has 0 radical (unpaired) electrons. The van der Waals surface area contributed by atoms with Crippen molar-refractivity contribution in [3.63, 3.8) is 0 Å². The maximum Gasteiger partial charge on any atom is 0.252 e. The second-order valence-electron chi connectivity index (χ2n) is 17.0. The van der Waals surface area contributed by atoms with Crippen molar-refractivity contribution >= 4 is 74.3 Å². The van der Waals surface area contributed by atoms with Gasteiger partial charge < -0.3 is 14.7 Å². The molecule has 0 amide bonds. The Kier molecular flexibility index (Phi) is 9.14. The van der Waals surface area contributed by atoms with Gasteiger partial charge in [0.25, 0.3) is 6.71 Å². The van der Waals surface area contributed by atoms with Crippen LogP contribution in [-0.4, -0.2) is 6.71 Å². The molecular weight excluding hydrogens is 701 g/mol. The smallest absolute Gasteiger partial charge is 0.252 e. The highest BCUT2D eigenvalue weighted by Crippen LogP contribution is 2.48. The molecule has 0 aromatic heterocycles. The lowest BCUT2D eigenvalue weighted by atomic mass is 9.33. The SMILES string of the molecule is c1ccc(N(c2ccccc2)c2cc3c4c(c2)N(c2ccc(C5CCCCC5)cc2)c2ccccc2B4c2ccccc2N3c2ccc(C3CCCCC3)cc2)cc1. The zero-order valence-electron chi connectivity index (χ0n) is 33.3. The van der Waals surface area contributed by atoms with Gasteiger partial charge >= 0.3 is 0 Å². The van der Waals surface area contributed by atoms with Crippen molar-refractivity contribution in [2.24, 2.45) is 0 Å². The molecule has 284 valence electrons. The molecule has 2 heterocycles. The van der Waals surface area contributed by atoms with Gasteiger partial charge in [0.05, 0.1) is 5.69 Å². The summed E-state index contributed by atoms with van der Waals surface area (Å²) in [5, 5.41) is 0. The van der Waals surface area contributed by atoms with Crippen molar-refractivity contribution in [3.8, 4) is 0 Å². The van der Waals surface area contributed by atoms with Gasteiger partial charge in [0.1, 0.15) is 0 Å². The molecular formula is C54H50BN3. The van der Waals surface area contributed by atoms with Crippen LogP contribution in [-0.2, 0) is 0 Å². The van der Waals surface area contributed by atoms with E-state index in [0.29, 0.717) is 11.8 Å². The lowest BCUT2D eigenvalue weighted by Gasteiger charge is -2.45. The summed E-state index contributed by atoms with van der Waals surface area (Å²) in [5.41, 5.74) is 17.8. The summed E-state index contributed by atoms with van der Waals surface area (Å²) in [6, 6.07) is 64.3. The molecule has 58 heavy (non-hydrogen) atoms. The highest BCUT2D eigenvalue weighted by Gasteiger charge is 2.43. The maximum atomic E-state index is 2.56. The second-order valence-corrected chi connectivity index (χ2v) is 17.0. The zero-order valence-corrected chi connectivity index (χ0v) is 33.3. The number of hydrogen-bond acceptors (Lipinski definition) is 3. The third kappa shape index (κ3) is 6.13. The van der Waals surface area contributed by atoms with Crippen molar-refractivity contribution in [1.82, 2.24) is 0 Å². The highest BCUT2D eigenvalue weighted by atomic mass is 15.2. The van der Waals surface area contributed by atoms with E-state index in [1.165, 1.54) is 126 Å². The third-order valence-electron chi connectivity index (χ3n) is 13.6. The summed E-state index contributed by atoms with van der Waals surface area (Å²) >= 11 is 0. The van der Waals surface area contributed by atoms with E-state index in [-0.39, 0.29) is 6.71 Å². The Hall–Kier alpha value is -6.00. The van der Waals surface area contributed by atoms with Crippen LogP contribution in [0.25, 0.3) is 0 Å². The molecule has 4 aliphatic rings. The molecule has 7 aromatic carbocycles. The fourth-order valence-electron chi connectivity index (χ4n) is 10.8. The van der Waals surface area contributed by atoms with Crippen molar-refractivity contribution < 1.29 is 0 Å². The van der Waals surface area contributed by atoms with Crippen LogP contribution in [0.2, 0.25) is 0 Å². The molecule has 0 N–H and O–H groups in total. The van der Waals surface area contributed by atoms with Gasteiger partial charge in [-0.25, -0.2) is 0 Å². The first-order valence-electron chi connectivity index (χ1n) is 21.9. The van der Waals surface area contributed by atoms with E-state index in [9.17, 15) is 0 Å². The Bertz CT molecular complexity index is 2360. The molecule has 2 aliphatic carbocycles. The Balaban J connectivity index is 1.16. The fraction of sp³-hybridized carbons (Fsp3) is 0.222. The zero-order chi connectivity index (χ0) is 38.4. The molecule has 11 rings (SSSR count). The van der Waals surface area contributed by atoms with Gasteiger partial charge in [0, 0.05) is 45.5 Å². The van der Waals surface area contributed by atoms with Crippen LogP contribution in [0.4, 0.5) is 51.2 Å². The van der Waals surface area contributed by atoms with Crippen LogP contribution < -0.4 is 31.1 Å². The minimum Gasteiger partial charge on any atom is -0.311 e. The molecule has 0 spiro atoms. The molecule has 4 heteroatoms. The van der Waals surface area contributed by atoms with Crippen LogP contribution in [0, 0.1) is 0 Å². The number of anilines is 9. The number of para-hydroxylation sites is 4. The summed E-state index contributed by atoms with van der Waals surface area (Å²) in [5.74, 6) is 1.33. The summed E-state index contributed by atoms with van der Waals surface area (Å²) in [4.78, 5) is 7.55. The van der Waals surface area contributed by atoms with Crippen molar-refractivity contribution in [3.05, 3.63) is 181 Å². The quantitative estimate of drug-likeness (QED) is 0.150. The standard InChI is InChI=1S/C54H50BN3/c1-5-17-39(18-6-1)41-29-33-45(34-30-41)57-50-27-15-13-25-48(50)55-49-26-14-16-28-51(49)58(46-35-31-42(32-36-46)40-19-7-2-8-20-40)53-38-47(37-52(57)54(53)55)56(43-21-9-3-10-22-43)44-23-11-4-12-24-44/h3-4,9-16,21-40H,1-2,5-8,17-20H2. The minimum absolute atomic E-state index is 0.0869. The lowest BCUT2D eigenvalue weighted by Crippen LogP contribution is -2.61. The first kappa shape index (κ1) is 35.2. The molecule has 2 saturated carbocycles. The van der Waals surface area contributed by atoms with Crippen molar-refractivity contribution in [2.75, 3.05) is 14.7 Å². The van der Waals surface area contributed by atoms with Gasteiger partial charge in [0.15, 0.2) is 0 Å². The molecule has 0 unspecified atom stereocenters. The first-order chi connectivity index (χ1) is 28.8. The average Bonchev–Trinajstić information content (AvgIpc) is 3.30. The largest absolute Gasteiger partial charge is 0.311 e. The minimum atomic E-state index is 0.0869. The Morgan fingerprint density at radius 2 is 0.776 bits per heavy atom. The number of rotatable bonds is 7. The fourth-order valence-corrected chi connectivity index (χ4v) is 10.8. The molecule has 2 aliphatic heterocycles. The van der Waals surface area contributed by atoms with Gasteiger partial charge in [-0.05, 0) is 138 Å². The average molecular weight is 752 g/mol. The van der Waals surface area contributed by atoms with Crippen molar-refractivity contribution in [2.45, 2.75) is 76.0 Å². The first-order valence-corrected chi connectivity index (χ1v) is 21.9. The maximum absolute atomic E-state index is 2.56. The Labute approximate surface area is 344 Å². The summed E-state index contributed by atoms with van der Waals surface area (Å²) in [6.45, 7) is 0.0869. The highest BCUT2D eigenvalue weighted by molar-refractivity contribution is 7.00. The van der Waals surface area contributed by atoms with E-state index in [2.05, 4.69) is 185 Å². The lowest BCUT2D eigenvalue weighted by molar-refractivity contribution is 0.443. The van der Waals surface area contributed by atoms with E-state index in [4.69, 9.17) is 0 Å². The van der Waals surface area contributed by atoms with Crippen LogP contribution in [0.5, 0.6) is 0 Å². The summed E-state index contributed by atoms with van der Waals surface area (Å²) in [6.07, 6.45) is 13.3. The molecule has 0 bridgehead atoms. The predicted molar refractivity (Wildman–Crippen MR) is 247 cm³/mol. The molecule has 0 atom stereocenters. The molecule has 0 saturated heterocycles. The molecule has 7 aromatic rings. The van der Waals surface area contributed by atoms with E-state index >= 15 is 0 Å². The monoisotopic (exact) mass is 751 g/mol. The molecule has 3 nitrogen and oxygen atoms in total. The van der Waals surface area contributed by atoms with Gasteiger partial charge in [0.2, 0.25) is 0 Å². The normalized spacial score (nSPS) is 16.4. The van der Waals surface area contributed by atoms with Crippen molar-refractivity contribution in [1.29, 1.82) is 0 Å². The third-order valence-corrected chi connectivity index (χ3v) is 13.6. The molecule has 2 fully saturated rings. The van der Waals surface area contributed by atoms with Gasteiger partial charge in [-0.3, -0.25) is 0 Å². The van der Waals surface area contributed by atoms with Crippen LogP contribution >= 0.6 is 0 Å². The topological polar surface area (TPSA) is 9.72 Å². The van der Waals surface area contributed by atoms with Crippen LogP contribution in [0.3, 0.4) is 0 Å². The van der Waals surface area contributed by atoms with E-state index in [1.807, 2.05) is 0 Å². The number of hydrogen-bond donors (Lipinski definition) is 0. The number of nitrogens with zero attached hydrogens (tertiary/aromatic N) is 3. The number of fused-ring (bicyclic) bond motifs is 4. The summed E-state index contributed by atoms with van der Waals surface area (Å²) in [7, 11) is 0. The van der Waals surface area contributed by atoms with Gasteiger partial charge in [-0.15, -0.1) is 0 Å². The van der Waals surface area contributed by atoms with Crippen LogP contribution in [0.15, 0.2) is 170 Å². The Morgan fingerprint density at radius 1 is 0.379 bits per heavy atom.